The van der Waals surface area contributed by atoms with Crippen LogP contribution in [0.4, 0.5) is 0 Å². The number of rotatable bonds is 2. The molecular formula is C38H23N3. The Kier molecular flexibility index (Phi) is 4.61. The molecule has 3 nitrogen and oxygen atoms in total. The summed E-state index contributed by atoms with van der Waals surface area (Å²) in [4.78, 5) is 10.7. The largest absolute Gasteiger partial charge is 0.292 e. The highest BCUT2D eigenvalue weighted by Gasteiger charge is 2.22. The van der Waals surface area contributed by atoms with Gasteiger partial charge in [0.1, 0.15) is 5.69 Å². The molecule has 190 valence electrons. The summed E-state index contributed by atoms with van der Waals surface area (Å²) >= 11 is 0. The van der Waals surface area contributed by atoms with Crippen molar-refractivity contribution in [3.8, 4) is 17.1 Å². The Labute approximate surface area is 235 Å². The summed E-state index contributed by atoms with van der Waals surface area (Å²) in [6.45, 7) is 0. The smallest absolute Gasteiger partial charge is 0.165 e. The van der Waals surface area contributed by atoms with Crippen LogP contribution >= 0.6 is 0 Å². The Bertz CT molecular complexity index is 2390. The monoisotopic (exact) mass is 521 g/mol. The third-order valence-corrected chi connectivity index (χ3v) is 8.35. The van der Waals surface area contributed by atoms with Crippen molar-refractivity contribution in [1.82, 2.24) is 14.5 Å². The average molecular weight is 522 g/mol. The van der Waals surface area contributed by atoms with Crippen molar-refractivity contribution in [1.29, 1.82) is 0 Å². The van der Waals surface area contributed by atoms with E-state index in [4.69, 9.17) is 9.97 Å². The summed E-state index contributed by atoms with van der Waals surface area (Å²) in [5.74, 6) is 0.839. The van der Waals surface area contributed by atoms with Gasteiger partial charge in [0.15, 0.2) is 5.82 Å². The molecule has 9 rings (SSSR count). The fraction of sp³-hybridized carbons (Fsp3) is 0. The molecule has 41 heavy (non-hydrogen) atoms. The lowest BCUT2D eigenvalue weighted by molar-refractivity contribution is 1.08. The third kappa shape index (κ3) is 3.20. The molecule has 0 aliphatic rings. The van der Waals surface area contributed by atoms with Gasteiger partial charge in [-0.25, -0.2) is 9.97 Å². The fourth-order valence-corrected chi connectivity index (χ4v) is 6.54. The van der Waals surface area contributed by atoms with E-state index in [1.54, 1.807) is 0 Å². The van der Waals surface area contributed by atoms with Crippen molar-refractivity contribution in [2.45, 2.75) is 0 Å². The van der Waals surface area contributed by atoms with Gasteiger partial charge in [-0.1, -0.05) is 115 Å². The zero-order valence-electron chi connectivity index (χ0n) is 22.1. The van der Waals surface area contributed by atoms with Crippen molar-refractivity contribution < 1.29 is 0 Å². The Balaban J connectivity index is 1.52. The van der Waals surface area contributed by atoms with E-state index in [-0.39, 0.29) is 0 Å². The summed E-state index contributed by atoms with van der Waals surface area (Å²) in [5.41, 5.74) is 5.97. The first-order valence-electron chi connectivity index (χ1n) is 13.9. The van der Waals surface area contributed by atoms with Gasteiger partial charge in [-0.3, -0.25) is 4.57 Å². The summed E-state index contributed by atoms with van der Waals surface area (Å²) in [6.07, 6.45) is 0. The highest BCUT2D eigenvalue weighted by molar-refractivity contribution is 6.28. The Morgan fingerprint density at radius 3 is 1.51 bits per heavy atom. The SMILES string of the molecule is c1ccc2c(-c3nc4ccccc4nc3-n3c4ccc5ccccc5c4c4c5ccccc5ccc43)cccc2c1. The minimum Gasteiger partial charge on any atom is -0.292 e. The second-order valence-corrected chi connectivity index (χ2v) is 10.6. The van der Waals surface area contributed by atoms with Gasteiger partial charge in [-0.15, -0.1) is 0 Å². The molecule has 2 aromatic heterocycles. The molecule has 0 unspecified atom stereocenters. The van der Waals surface area contributed by atoms with Crippen LogP contribution in [0.1, 0.15) is 0 Å². The van der Waals surface area contributed by atoms with Gasteiger partial charge >= 0.3 is 0 Å². The van der Waals surface area contributed by atoms with Crippen LogP contribution in [0.3, 0.4) is 0 Å². The predicted molar refractivity (Wildman–Crippen MR) is 172 cm³/mol. The van der Waals surface area contributed by atoms with Crippen LogP contribution < -0.4 is 0 Å². The van der Waals surface area contributed by atoms with E-state index in [1.165, 1.54) is 37.7 Å². The van der Waals surface area contributed by atoms with Crippen molar-refractivity contribution in [2.24, 2.45) is 0 Å². The summed E-state index contributed by atoms with van der Waals surface area (Å²) < 4.78 is 2.33. The number of hydrogen-bond acceptors (Lipinski definition) is 2. The molecular weight excluding hydrogens is 498 g/mol. The minimum absolute atomic E-state index is 0.839. The van der Waals surface area contributed by atoms with E-state index in [9.17, 15) is 0 Å². The zero-order valence-corrected chi connectivity index (χ0v) is 22.1. The van der Waals surface area contributed by atoms with Crippen LogP contribution in [0.5, 0.6) is 0 Å². The molecule has 0 bridgehead atoms. The normalized spacial score (nSPS) is 11.9. The van der Waals surface area contributed by atoms with Crippen LogP contribution in [0.15, 0.2) is 140 Å². The predicted octanol–water partition coefficient (Wildman–Crippen LogP) is 9.85. The quantitative estimate of drug-likeness (QED) is 0.227. The molecule has 0 fully saturated rings. The Morgan fingerprint density at radius 1 is 0.390 bits per heavy atom. The average Bonchev–Trinajstić information content (AvgIpc) is 3.39. The van der Waals surface area contributed by atoms with Gasteiger partial charge in [0, 0.05) is 16.3 Å². The standard InChI is InChI=1S/C38H23N3/c1-4-14-27-24(10-1)13-9-17-30(27)37-38(40-32-19-8-7-18-31(32)39-37)41-33-22-20-25-11-2-5-15-28(25)35(33)36-29-16-6-3-12-26(29)21-23-34(36)41/h1-23H. The Morgan fingerprint density at radius 2 is 0.878 bits per heavy atom. The molecule has 0 spiro atoms. The lowest BCUT2D eigenvalue weighted by atomic mass is 10.00. The molecule has 3 heteroatoms. The molecule has 0 amide bonds. The van der Waals surface area contributed by atoms with E-state index in [0.717, 1.165) is 44.5 Å². The van der Waals surface area contributed by atoms with Crippen LogP contribution in [0, 0.1) is 0 Å². The van der Waals surface area contributed by atoms with E-state index in [2.05, 4.69) is 126 Å². The van der Waals surface area contributed by atoms with Gasteiger partial charge in [-0.2, -0.15) is 0 Å². The number of benzene rings is 7. The molecule has 0 saturated carbocycles. The molecule has 0 aliphatic heterocycles. The van der Waals surface area contributed by atoms with E-state index < -0.39 is 0 Å². The second kappa shape index (κ2) is 8.48. The van der Waals surface area contributed by atoms with Crippen molar-refractivity contribution in [3.05, 3.63) is 140 Å². The van der Waals surface area contributed by atoms with E-state index in [1.807, 2.05) is 18.2 Å². The van der Waals surface area contributed by atoms with Crippen molar-refractivity contribution in [3.63, 3.8) is 0 Å². The molecule has 2 heterocycles. The number of hydrogen-bond donors (Lipinski definition) is 0. The molecule has 0 radical (unpaired) electrons. The van der Waals surface area contributed by atoms with Gasteiger partial charge < -0.3 is 0 Å². The van der Waals surface area contributed by atoms with Crippen LogP contribution in [-0.4, -0.2) is 14.5 Å². The first-order chi connectivity index (χ1) is 20.3. The molecule has 9 aromatic rings. The molecule has 0 saturated heterocycles. The second-order valence-electron chi connectivity index (χ2n) is 10.6. The highest BCUT2D eigenvalue weighted by atomic mass is 15.1. The van der Waals surface area contributed by atoms with E-state index >= 15 is 0 Å². The van der Waals surface area contributed by atoms with Crippen LogP contribution in [0.2, 0.25) is 0 Å². The molecule has 0 aliphatic carbocycles. The minimum atomic E-state index is 0.839. The van der Waals surface area contributed by atoms with Gasteiger partial charge in [0.2, 0.25) is 0 Å². The summed E-state index contributed by atoms with van der Waals surface area (Å²) in [5, 5.41) is 9.78. The number of aromatic nitrogens is 3. The maximum Gasteiger partial charge on any atom is 0.165 e. The summed E-state index contributed by atoms with van der Waals surface area (Å²) in [6, 6.07) is 49.4. The van der Waals surface area contributed by atoms with Crippen molar-refractivity contribution >= 4 is 65.2 Å². The number of nitrogens with zero attached hydrogens (tertiary/aromatic N) is 3. The molecule has 7 aromatic carbocycles. The topological polar surface area (TPSA) is 30.7 Å². The Hall–Kier alpha value is -5.54. The van der Waals surface area contributed by atoms with E-state index in [0.29, 0.717) is 0 Å². The summed E-state index contributed by atoms with van der Waals surface area (Å²) in [7, 11) is 0. The number of fused-ring (bicyclic) bond motifs is 9. The highest BCUT2D eigenvalue weighted by Crippen LogP contribution is 2.42. The van der Waals surface area contributed by atoms with Crippen molar-refractivity contribution in [2.75, 3.05) is 0 Å². The maximum absolute atomic E-state index is 5.36. The van der Waals surface area contributed by atoms with Gasteiger partial charge in [0.25, 0.3) is 0 Å². The van der Waals surface area contributed by atoms with Crippen LogP contribution in [-0.2, 0) is 0 Å². The van der Waals surface area contributed by atoms with Gasteiger partial charge in [-0.05, 0) is 56.6 Å². The lowest BCUT2D eigenvalue weighted by Crippen LogP contribution is -2.04. The fourth-order valence-electron chi connectivity index (χ4n) is 6.54. The third-order valence-electron chi connectivity index (χ3n) is 8.35. The zero-order chi connectivity index (χ0) is 26.9. The molecule has 0 N–H and O–H groups in total. The molecule has 0 atom stereocenters. The maximum atomic E-state index is 5.36. The van der Waals surface area contributed by atoms with Gasteiger partial charge in [0.05, 0.1) is 22.1 Å². The van der Waals surface area contributed by atoms with Crippen LogP contribution in [0.25, 0.3) is 82.2 Å². The first-order valence-corrected chi connectivity index (χ1v) is 13.9. The first kappa shape index (κ1) is 22.3. The number of para-hydroxylation sites is 2. The lowest BCUT2D eigenvalue weighted by Gasteiger charge is -2.15.